The van der Waals surface area contributed by atoms with Gasteiger partial charge in [0, 0.05) is 25.1 Å². The molecular weight excluding hydrogens is 308 g/mol. The van der Waals surface area contributed by atoms with Crippen LogP contribution in [0.1, 0.15) is 30.8 Å². The summed E-state index contributed by atoms with van der Waals surface area (Å²) in [6.07, 6.45) is 0.474. The average molecular weight is 330 g/mol. The maximum atomic E-state index is 12.2. The molecule has 0 bridgehead atoms. The molecule has 7 heteroatoms. The zero-order valence-electron chi connectivity index (χ0n) is 13.8. The predicted octanol–water partition coefficient (Wildman–Crippen LogP) is 1.58. The maximum absolute atomic E-state index is 12.2. The highest BCUT2D eigenvalue weighted by molar-refractivity contribution is 5.96. The van der Waals surface area contributed by atoms with Crippen LogP contribution >= 0.6 is 0 Å². The van der Waals surface area contributed by atoms with E-state index in [-0.39, 0.29) is 30.0 Å². The summed E-state index contributed by atoms with van der Waals surface area (Å²) in [6.45, 7) is 3.96. The molecule has 2 amide bonds. The Morgan fingerprint density at radius 1 is 1.25 bits per heavy atom. The average Bonchev–Trinajstić information content (AvgIpc) is 2.99. The number of nitrogens with zero attached hydrogens (tertiary/aromatic N) is 2. The summed E-state index contributed by atoms with van der Waals surface area (Å²) in [5, 5.41) is 18.6. The van der Waals surface area contributed by atoms with Gasteiger partial charge in [-0.1, -0.05) is 32.0 Å². The van der Waals surface area contributed by atoms with Gasteiger partial charge in [0.2, 0.25) is 5.91 Å². The topological polar surface area (TPSA) is 96.2 Å². The highest BCUT2D eigenvalue weighted by atomic mass is 16.3. The summed E-state index contributed by atoms with van der Waals surface area (Å²) < 4.78 is 1.53. The molecule has 1 heterocycles. The number of hydrogen-bond donors (Lipinski definition) is 3. The van der Waals surface area contributed by atoms with Crippen molar-refractivity contribution in [1.82, 2.24) is 15.1 Å². The lowest BCUT2D eigenvalue weighted by Gasteiger charge is -2.10. The van der Waals surface area contributed by atoms with Gasteiger partial charge in [-0.15, -0.1) is 0 Å². The van der Waals surface area contributed by atoms with Gasteiger partial charge in [0.1, 0.15) is 5.82 Å². The summed E-state index contributed by atoms with van der Waals surface area (Å²) in [7, 11) is 0. The van der Waals surface area contributed by atoms with E-state index in [1.165, 1.54) is 4.68 Å². The Hall–Kier alpha value is -2.67. The molecule has 0 saturated heterocycles. The molecule has 24 heavy (non-hydrogen) atoms. The van der Waals surface area contributed by atoms with Crippen LogP contribution in [-0.2, 0) is 4.79 Å². The Labute approximate surface area is 140 Å². The first kappa shape index (κ1) is 17.7. The zero-order chi connectivity index (χ0) is 17.5. The first-order valence-electron chi connectivity index (χ1n) is 7.88. The Kier molecular flexibility index (Phi) is 6.08. The zero-order valence-corrected chi connectivity index (χ0v) is 13.8. The van der Waals surface area contributed by atoms with Crippen LogP contribution in [-0.4, -0.2) is 39.9 Å². The van der Waals surface area contributed by atoms with Gasteiger partial charge in [-0.05, 0) is 18.6 Å². The third-order valence-electron chi connectivity index (χ3n) is 3.34. The Bertz CT molecular complexity index is 695. The van der Waals surface area contributed by atoms with Gasteiger partial charge in [0.05, 0.1) is 5.69 Å². The number of aliphatic hydroxyl groups is 1. The summed E-state index contributed by atoms with van der Waals surface area (Å²) in [5.74, 6) is -0.254. The molecule has 0 spiro atoms. The van der Waals surface area contributed by atoms with Gasteiger partial charge in [-0.3, -0.25) is 9.59 Å². The number of amides is 2. The second-order valence-corrected chi connectivity index (χ2v) is 5.64. The first-order valence-corrected chi connectivity index (χ1v) is 7.88. The molecule has 128 valence electrons. The van der Waals surface area contributed by atoms with Gasteiger partial charge in [-0.25, -0.2) is 4.68 Å². The van der Waals surface area contributed by atoms with Gasteiger partial charge in [-0.2, -0.15) is 5.10 Å². The van der Waals surface area contributed by atoms with Crippen molar-refractivity contribution in [2.45, 2.75) is 20.3 Å². The molecule has 3 N–H and O–H groups in total. The van der Waals surface area contributed by atoms with Crippen LogP contribution < -0.4 is 10.6 Å². The molecule has 0 saturated carbocycles. The van der Waals surface area contributed by atoms with Crippen LogP contribution in [0.2, 0.25) is 0 Å². The summed E-state index contributed by atoms with van der Waals surface area (Å²) >= 11 is 0. The monoisotopic (exact) mass is 330 g/mol. The molecule has 2 aromatic rings. The Morgan fingerprint density at radius 2 is 1.96 bits per heavy atom. The van der Waals surface area contributed by atoms with E-state index in [0.29, 0.717) is 18.8 Å². The van der Waals surface area contributed by atoms with Crippen LogP contribution in [0.5, 0.6) is 0 Å². The molecule has 0 aliphatic heterocycles. The van der Waals surface area contributed by atoms with E-state index in [9.17, 15) is 9.59 Å². The molecule has 0 fully saturated rings. The highest BCUT2D eigenvalue weighted by Crippen LogP contribution is 2.18. The third-order valence-corrected chi connectivity index (χ3v) is 3.34. The molecule has 1 aromatic heterocycles. The second kappa shape index (κ2) is 8.26. The normalized spacial score (nSPS) is 10.7. The van der Waals surface area contributed by atoms with Crippen molar-refractivity contribution in [3.8, 4) is 5.69 Å². The minimum absolute atomic E-state index is 0.00836. The smallest absolute Gasteiger partial charge is 0.271 e. The van der Waals surface area contributed by atoms with Gasteiger partial charge < -0.3 is 15.7 Å². The number of anilines is 1. The lowest BCUT2D eigenvalue weighted by Crippen LogP contribution is -2.25. The van der Waals surface area contributed by atoms with Gasteiger partial charge >= 0.3 is 0 Å². The number of nitrogens with one attached hydrogen (secondary N) is 2. The van der Waals surface area contributed by atoms with Crippen molar-refractivity contribution in [3.05, 3.63) is 42.1 Å². The summed E-state index contributed by atoms with van der Waals surface area (Å²) in [4.78, 5) is 24.2. The molecule has 0 radical (unpaired) electrons. The largest absolute Gasteiger partial charge is 0.396 e. The number of carbonyl (C=O) groups excluding carboxylic acids is 2. The number of rotatable bonds is 7. The van der Waals surface area contributed by atoms with Crippen molar-refractivity contribution in [2.24, 2.45) is 5.92 Å². The number of carbonyl (C=O) groups is 2. The van der Waals surface area contributed by atoms with Gasteiger partial charge in [0.15, 0.2) is 5.69 Å². The lowest BCUT2D eigenvalue weighted by molar-refractivity contribution is -0.118. The molecule has 0 aliphatic rings. The van der Waals surface area contributed by atoms with E-state index in [1.54, 1.807) is 19.9 Å². The van der Waals surface area contributed by atoms with Crippen LogP contribution in [0.15, 0.2) is 36.4 Å². The van der Waals surface area contributed by atoms with Crippen LogP contribution in [0.3, 0.4) is 0 Å². The minimum Gasteiger partial charge on any atom is -0.396 e. The van der Waals surface area contributed by atoms with Crippen molar-refractivity contribution >= 4 is 17.6 Å². The number of hydrogen-bond acceptors (Lipinski definition) is 4. The SMILES string of the molecule is CC(C)C(=O)Nc1cc(C(=O)NCCCO)nn1-c1ccccc1. The maximum Gasteiger partial charge on any atom is 0.271 e. The van der Waals surface area contributed by atoms with Gasteiger partial charge in [0.25, 0.3) is 5.91 Å². The number of benzene rings is 1. The highest BCUT2D eigenvalue weighted by Gasteiger charge is 2.17. The Morgan fingerprint density at radius 3 is 2.58 bits per heavy atom. The molecule has 1 aromatic carbocycles. The lowest BCUT2D eigenvalue weighted by atomic mass is 10.2. The van der Waals surface area contributed by atoms with Crippen molar-refractivity contribution in [2.75, 3.05) is 18.5 Å². The van der Waals surface area contributed by atoms with Crippen molar-refractivity contribution in [1.29, 1.82) is 0 Å². The van der Waals surface area contributed by atoms with E-state index < -0.39 is 0 Å². The quantitative estimate of drug-likeness (QED) is 0.672. The van der Waals surface area contributed by atoms with E-state index in [0.717, 1.165) is 5.69 Å². The van der Waals surface area contributed by atoms with E-state index in [4.69, 9.17) is 5.11 Å². The molecule has 0 aliphatic carbocycles. The first-order chi connectivity index (χ1) is 11.5. The fourth-order valence-corrected chi connectivity index (χ4v) is 1.99. The Balaban J connectivity index is 2.29. The molecule has 2 rings (SSSR count). The fourth-order valence-electron chi connectivity index (χ4n) is 1.99. The van der Waals surface area contributed by atoms with Crippen molar-refractivity contribution in [3.63, 3.8) is 0 Å². The fraction of sp³-hybridized carbons (Fsp3) is 0.353. The van der Waals surface area contributed by atoms with E-state index >= 15 is 0 Å². The molecule has 0 unspecified atom stereocenters. The molecular formula is C17H22N4O3. The number of aromatic nitrogens is 2. The summed E-state index contributed by atoms with van der Waals surface area (Å²) in [5.41, 5.74) is 0.946. The standard InChI is InChI=1S/C17H22N4O3/c1-12(2)16(23)19-15-11-14(17(24)18-9-6-10-22)20-21(15)13-7-4-3-5-8-13/h3-5,7-8,11-12,22H,6,9-10H2,1-2H3,(H,18,24)(H,19,23). The molecule has 0 atom stereocenters. The van der Waals surface area contributed by atoms with Crippen LogP contribution in [0.4, 0.5) is 5.82 Å². The van der Waals surface area contributed by atoms with Crippen LogP contribution in [0, 0.1) is 5.92 Å². The van der Waals surface area contributed by atoms with Crippen LogP contribution in [0.25, 0.3) is 5.69 Å². The van der Waals surface area contributed by atoms with E-state index in [1.807, 2.05) is 30.3 Å². The number of para-hydroxylation sites is 1. The minimum atomic E-state index is -0.349. The number of aliphatic hydroxyl groups excluding tert-OH is 1. The van der Waals surface area contributed by atoms with Crippen molar-refractivity contribution < 1.29 is 14.7 Å². The van der Waals surface area contributed by atoms with E-state index in [2.05, 4.69) is 15.7 Å². The predicted molar refractivity (Wildman–Crippen MR) is 91.1 cm³/mol. The third kappa shape index (κ3) is 4.42. The summed E-state index contributed by atoms with van der Waals surface area (Å²) in [6, 6.07) is 10.8. The second-order valence-electron chi connectivity index (χ2n) is 5.64. The molecule has 7 nitrogen and oxygen atoms in total.